The van der Waals surface area contributed by atoms with Crippen molar-refractivity contribution in [2.24, 2.45) is 0 Å². The molecule has 2 rings (SSSR count). The monoisotopic (exact) mass is 281 g/mol. The van der Waals surface area contributed by atoms with E-state index in [1.807, 2.05) is 0 Å². The molecule has 2 N–H and O–H groups in total. The molecule has 0 saturated carbocycles. The van der Waals surface area contributed by atoms with Gasteiger partial charge in [0.15, 0.2) is 0 Å². The molecule has 0 aliphatic rings. The van der Waals surface area contributed by atoms with Gasteiger partial charge in [-0.1, -0.05) is 35.3 Å². The number of rotatable bonds is 2. The van der Waals surface area contributed by atoms with E-state index in [-0.39, 0.29) is 11.3 Å². The number of hydrogen-bond acceptors (Lipinski definition) is 2. The number of phenolic OH excluding ortho intramolecular Hbond substituents is 1. The van der Waals surface area contributed by atoms with Crippen LogP contribution in [0, 0.1) is 0 Å². The highest BCUT2D eigenvalue weighted by Gasteiger charge is 2.12. The van der Waals surface area contributed by atoms with Crippen molar-refractivity contribution < 1.29 is 9.90 Å². The highest BCUT2D eigenvalue weighted by molar-refractivity contribution is 6.34. The maximum absolute atomic E-state index is 11.9. The lowest BCUT2D eigenvalue weighted by Gasteiger charge is -2.08. The van der Waals surface area contributed by atoms with Gasteiger partial charge in [-0.05, 0) is 30.3 Å². The van der Waals surface area contributed by atoms with Crippen LogP contribution in [0.5, 0.6) is 5.75 Å². The van der Waals surface area contributed by atoms with Crippen LogP contribution in [0.15, 0.2) is 42.5 Å². The van der Waals surface area contributed by atoms with Crippen LogP contribution in [0.1, 0.15) is 10.4 Å². The number of halogens is 2. The summed E-state index contributed by atoms with van der Waals surface area (Å²) in [5.41, 5.74) is 0.623. The molecule has 18 heavy (non-hydrogen) atoms. The summed E-state index contributed by atoms with van der Waals surface area (Å²) >= 11 is 11.6. The highest BCUT2D eigenvalue weighted by atomic mass is 35.5. The number of carbonyl (C=O) groups is 1. The van der Waals surface area contributed by atoms with Crippen molar-refractivity contribution in [1.29, 1.82) is 0 Å². The summed E-state index contributed by atoms with van der Waals surface area (Å²) in [6.07, 6.45) is 0. The van der Waals surface area contributed by atoms with Crippen LogP contribution in [0.25, 0.3) is 0 Å². The molecule has 0 aliphatic carbocycles. The average molecular weight is 282 g/mol. The van der Waals surface area contributed by atoms with E-state index in [9.17, 15) is 9.90 Å². The van der Waals surface area contributed by atoms with E-state index >= 15 is 0 Å². The molecule has 92 valence electrons. The van der Waals surface area contributed by atoms with Crippen LogP contribution < -0.4 is 5.32 Å². The van der Waals surface area contributed by atoms with Crippen LogP contribution in [0.2, 0.25) is 10.0 Å². The molecule has 2 aromatic rings. The van der Waals surface area contributed by atoms with Gasteiger partial charge in [-0.15, -0.1) is 0 Å². The van der Waals surface area contributed by atoms with Gasteiger partial charge in [0, 0.05) is 5.02 Å². The summed E-state index contributed by atoms with van der Waals surface area (Å²) in [6.45, 7) is 0. The molecule has 0 atom stereocenters. The van der Waals surface area contributed by atoms with Gasteiger partial charge >= 0.3 is 0 Å². The van der Waals surface area contributed by atoms with Gasteiger partial charge < -0.3 is 10.4 Å². The minimum atomic E-state index is -0.447. The van der Waals surface area contributed by atoms with Crippen LogP contribution >= 0.6 is 23.2 Å². The third kappa shape index (κ3) is 2.75. The van der Waals surface area contributed by atoms with Gasteiger partial charge in [0.25, 0.3) is 5.91 Å². The fourth-order valence-corrected chi connectivity index (χ4v) is 1.80. The smallest absolute Gasteiger partial charge is 0.259 e. The summed E-state index contributed by atoms with van der Waals surface area (Å²) in [5.74, 6) is -0.621. The molecule has 0 saturated heterocycles. The second kappa shape index (κ2) is 5.29. The Kier molecular flexibility index (Phi) is 3.75. The fraction of sp³-hybridized carbons (Fsp3) is 0. The van der Waals surface area contributed by atoms with Crippen molar-refractivity contribution in [2.75, 3.05) is 5.32 Å². The van der Waals surface area contributed by atoms with Crippen molar-refractivity contribution in [3.8, 4) is 5.75 Å². The molecule has 5 heteroatoms. The standard InChI is InChI=1S/C13H9Cl2NO2/c14-8-5-6-9(12(17)7-8)13(18)16-11-4-2-1-3-10(11)15/h1-7,17H,(H,16,18). The fourth-order valence-electron chi connectivity index (χ4n) is 1.45. The third-order valence-electron chi connectivity index (χ3n) is 2.33. The van der Waals surface area contributed by atoms with Crippen LogP contribution in [-0.2, 0) is 0 Å². The molecular formula is C13H9Cl2NO2. The molecular weight excluding hydrogens is 273 g/mol. The Bertz CT molecular complexity index is 599. The van der Waals surface area contributed by atoms with Gasteiger partial charge in [-0.25, -0.2) is 0 Å². The lowest BCUT2D eigenvalue weighted by Crippen LogP contribution is -2.12. The number of amides is 1. The molecule has 0 fully saturated rings. The molecule has 3 nitrogen and oxygen atoms in total. The zero-order chi connectivity index (χ0) is 13.1. The Morgan fingerprint density at radius 1 is 1.11 bits per heavy atom. The Morgan fingerprint density at radius 2 is 1.83 bits per heavy atom. The number of nitrogens with one attached hydrogen (secondary N) is 1. The molecule has 0 unspecified atom stereocenters. The number of phenols is 1. The number of para-hydroxylation sites is 1. The summed E-state index contributed by atoms with van der Waals surface area (Å²) in [5, 5.41) is 13.0. The topological polar surface area (TPSA) is 49.3 Å². The molecule has 0 spiro atoms. The summed E-state index contributed by atoms with van der Waals surface area (Å²) in [6, 6.07) is 11.1. The van der Waals surface area contributed by atoms with E-state index in [1.54, 1.807) is 24.3 Å². The highest BCUT2D eigenvalue weighted by Crippen LogP contribution is 2.25. The van der Waals surface area contributed by atoms with E-state index in [4.69, 9.17) is 23.2 Å². The van der Waals surface area contributed by atoms with Crippen LogP contribution in [-0.4, -0.2) is 11.0 Å². The first-order valence-electron chi connectivity index (χ1n) is 5.12. The quantitative estimate of drug-likeness (QED) is 0.876. The SMILES string of the molecule is O=C(Nc1ccccc1Cl)c1ccc(Cl)cc1O. The molecule has 0 radical (unpaired) electrons. The molecule has 0 aromatic heterocycles. The summed E-state index contributed by atoms with van der Waals surface area (Å²) < 4.78 is 0. The van der Waals surface area contributed by atoms with Gasteiger partial charge in [0.2, 0.25) is 0 Å². The lowest BCUT2D eigenvalue weighted by atomic mass is 10.2. The first-order valence-corrected chi connectivity index (χ1v) is 5.88. The van der Waals surface area contributed by atoms with Crippen molar-refractivity contribution in [3.05, 3.63) is 58.1 Å². The van der Waals surface area contributed by atoms with E-state index in [2.05, 4.69) is 5.32 Å². The van der Waals surface area contributed by atoms with Crippen LogP contribution in [0.4, 0.5) is 5.69 Å². The van der Waals surface area contributed by atoms with Gasteiger partial charge in [0.05, 0.1) is 16.3 Å². The average Bonchev–Trinajstić information content (AvgIpc) is 2.32. The minimum Gasteiger partial charge on any atom is -0.507 e. The van der Waals surface area contributed by atoms with E-state index in [0.29, 0.717) is 15.7 Å². The normalized spacial score (nSPS) is 10.1. The first-order chi connectivity index (χ1) is 8.58. The molecule has 1 amide bonds. The predicted molar refractivity (Wildman–Crippen MR) is 72.5 cm³/mol. The van der Waals surface area contributed by atoms with Crippen LogP contribution in [0.3, 0.4) is 0 Å². The second-order valence-corrected chi connectivity index (χ2v) is 4.44. The minimum absolute atomic E-state index is 0.138. The van der Waals surface area contributed by atoms with E-state index < -0.39 is 5.91 Å². The summed E-state index contributed by atoms with van der Waals surface area (Å²) in [4.78, 5) is 11.9. The number of anilines is 1. The van der Waals surface area contributed by atoms with Crippen molar-refractivity contribution in [2.45, 2.75) is 0 Å². The molecule has 0 heterocycles. The zero-order valence-corrected chi connectivity index (χ0v) is 10.7. The zero-order valence-electron chi connectivity index (χ0n) is 9.15. The van der Waals surface area contributed by atoms with Crippen molar-refractivity contribution >= 4 is 34.8 Å². The first kappa shape index (κ1) is 12.7. The third-order valence-corrected chi connectivity index (χ3v) is 2.89. The van der Waals surface area contributed by atoms with E-state index in [1.165, 1.54) is 18.2 Å². The van der Waals surface area contributed by atoms with Gasteiger partial charge in [-0.2, -0.15) is 0 Å². The number of carbonyl (C=O) groups excluding carboxylic acids is 1. The Balaban J connectivity index is 2.25. The van der Waals surface area contributed by atoms with Gasteiger partial charge in [-0.3, -0.25) is 4.79 Å². The maximum Gasteiger partial charge on any atom is 0.259 e. The number of benzene rings is 2. The number of aromatic hydroxyl groups is 1. The van der Waals surface area contributed by atoms with Crippen molar-refractivity contribution in [3.63, 3.8) is 0 Å². The Hall–Kier alpha value is -1.71. The number of hydrogen-bond donors (Lipinski definition) is 2. The Labute approximate surface area is 114 Å². The van der Waals surface area contributed by atoms with Gasteiger partial charge in [0.1, 0.15) is 5.75 Å². The predicted octanol–water partition coefficient (Wildman–Crippen LogP) is 3.95. The summed E-state index contributed by atoms with van der Waals surface area (Å²) in [7, 11) is 0. The largest absolute Gasteiger partial charge is 0.507 e. The van der Waals surface area contributed by atoms with Crippen molar-refractivity contribution in [1.82, 2.24) is 0 Å². The van der Waals surface area contributed by atoms with E-state index in [0.717, 1.165) is 0 Å². The second-order valence-electron chi connectivity index (χ2n) is 3.60. The lowest BCUT2D eigenvalue weighted by molar-refractivity contribution is 0.102. The maximum atomic E-state index is 11.9. The molecule has 2 aromatic carbocycles. The molecule has 0 bridgehead atoms. The Morgan fingerprint density at radius 3 is 2.50 bits per heavy atom. The molecule has 0 aliphatic heterocycles.